The zero-order valence-corrected chi connectivity index (χ0v) is 11.8. The van der Waals surface area contributed by atoms with E-state index in [0.717, 1.165) is 25.9 Å². The van der Waals surface area contributed by atoms with Crippen LogP contribution in [0.1, 0.15) is 51.1 Å². The van der Waals surface area contributed by atoms with E-state index in [1.807, 2.05) is 18.0 Å². The second-order valence-corrected chi connectivity index (χ2v) is 5.10. The molecule has 2 rings (SSSR count). The van der Waals surface area contributed by atoms with Crippen molar-refractivity contribution in [3.05, 3.63) is 18.0 Å². The van der Waals surface area contributed by atoms with Gasteiger partial charge in [0.15, 0.2) is 0 Å². The number of nitrogens with zero attached hydrogens (tertiary/aromatic N) is 2. The summed E-state index contributed by atoms with van der Waals surface area (Å²) in [4.78, 5) is 0. The van der Waals surface area contributed by atoms with Gasteiger partial charge in [0.05, 0.1) is 17.8 Å². The van der Waals surface area contributed by atoms with E-state index in [-0.39, 0.29) is 11.6 Å². The van der Waals surface area contributed by atoms with E-state index < -0.39 is 0 Å². The third-order valence-corrected chi connectivity index (χ3v) is 4.10. The van der Waals surface area contributed by atoms with Crippen LogP contribution in [0.15, 0.2) is 12.4 Å². The molecule has 4 nitrogen and oxygen atoms in total. The van der Waals surface area contributed by atoms with Gasteiger partial charge in [0.1, 0.15) is 0 Å². The van der Waals surface area contributed by atoms with Gasteiger partial charge in [-0.05, 0) is 26.3 Å². The Bertz CT molecular complexity index is 369. The van der Waals surface area contributed by atoms with Crippen LogP contribution in [0.5, 0.6) is 0 Å². The van der Waals surface area contributed by atoms with Gasteiger partial charge in [-0.2, -0.15) is 5.10 Å². The molecule has 1 atom stereocenters. The highest BCUT2D eigenvalue weighted by Crippen LogP contribution is 2.42. The molecule has 1 aromatic heterocycles. The van der Waals surface area contributed by atoms with E-state index in [0.29, 0.717) is 0 Å². The summed E-state index contributed by atoms with van der Waals surface area (Å²) >= 11 is 0. The highest BCUT2D eigenvalue weighted by molar-refractivity contribution is 5.17. The van der Waals surface area contributed by atoms with Crippen LogP contribution in [0, 0.1) is 0 Å². The topological polar surface area (TPSA) is 39.1 Å². The maximum atomic E-state index is 5.91. The van der Waals surface area contributed by atoms with E-state index in [9.17, 15) is 0 Å². The molecule has 0 aromatic carbocycles. The summed E-state index contributed by atoms with van der Waals surface area (Å²) in [5.74, 6) is 0. The molecule has 0 amide bonds. The smallest absolute Gasteiger partial charge is 0.0873 e. The maximum Gasteiger partial charge on any atom is 0.0873 e. The van der Waals surface area contributed by atoms with Crippen LogP contribution in [-0.4, -0.2) is 29.0 Å². The lowest BCUT2D eigenvalue weighted by molar-refractivity contribution is -0.0364. The molecule has 0 bridgehead atoms. The number of nitrogens with one attached hydrogen (secondary N) is 1. The minimum atomic E-state index is -0.0440. The van der Waals surface area contributed by atoms with Gasteiger partial charge in [0, 0.05) is 25.4 Å². The van der Waals surface area contributed by atoms with E-state index in [1.54, 1.807) is 0 Å². The number of rotatable bonds is 6. The molecule has 4 heteroatoms. The molecule has 1 saturated carbocycles. The fourth-order valence-corrected chi connectivity index (χ4v) is 3.10. The molecule has 1 fully saturated rings. The molecular formula is C14H25N3O. The minimum absolute atomic E-state index is 0.0440. The lowest BCUT2D eigenvalue weighted by atomic mass is 9.88. The molecule has 0 spiro atoms. The molecule has 102 valence electrons. The van der Waals surface area contributed by atoms with E-state index in [4.69, 9.17) is 4.74 Å². The predicted octanol–water partition coefficient (Wildman–Crippen LogP) is 2.51. The molecule has 1 aliphatic carbocycles. The van der Waals surface area contributed by atoms with Crippen molar-refractivity contribution in [2.45, 2.75) is 57.7 Å². The average Bonchev–Trinajstić information content (AvgIpc) is 3.05. The van der Waals surface area contributed by atoms with Gasteiger partial charge < -0.3 is 10.1 Å². The molecule has 1 N–H and O–H groups in total. The zero-order valence-electron chi connectivity index (χ0n) is 11.8. The fraction of sp³-hybridized carbons (Fsp3) is 0.786. The van der Waals surface area contributed by atoms with Crippen molar-refractivity contribution < 1.29 is 4.74 Å². The quantitative estimate of drug-likeness (QED) is 0.844. The second-order valence-electron chi connectivity index (χ2n) is 5.10. The van der Waals surface area contributed by atoms with E-state index in [2.05, 4.69) is 30.5 Å². The molecule has 18 heavy (non-hydrogen) atoms. The fourth-order valence-electron chi connectivity index (χ4n) is 3.10. The van der Waals surface area contributed by atoms with Crippen molar-refractivity contribution in [3.63, 3.8) is 0 Å². The number of hydrogen-bond acceptors (Lipinski definition) is 3. The summed E-state index contributed by atoms with van der Waals surface area (Å²) in [7, 11) is 1.85. The van der Waals surface area contributed by atoms with Gasteiger partial charge in [0.2, 0.25) is 0 Å². The molecule has 0 saturated heterocycles. The number of hydrogen-bond donors (Lipinski definition) is 1. The van der Waals surface area contributed by atoms with Gasteiger partial charge in [-0.3, -0.25) is 4.68 Å². The van der Waals surface area contributed by atoms with Crippen molar-refractivity contribution in [2.75, 3.05) is 13.7 Å². The molecule has 1 aliphatic rings. The maximum absolute atomic E-state index is 5.91. The first-order valence-corrected chi connectivity index (χ1v) is 7.06. The summed E-state index contributed by atoms with van der Waals surface area (Å²) in [5, 5.41) is 7.99. The van der Waals surface area contributed by atoms with Crippen LogP contribution in [0.2, 0.25) is 0 Å². The van der Waals surface area contributed by atoms with Gasteiger partial charge >= 0.3 is 0 Å². The molecule has 0 aliphatic heterocycles. The van der Waals surface area contributed by atoms with Crippen molar-refractivity contribution >= 4 is 0 Å². The number of methoxy groups -OCH3 is 1. The highest BCUT2D eigenvalue weighted by atomic mass is 16.5. The first-order chi connectivity index (χ1) is 8.75. The number of likely N-dealkylation sites (N-methyl/N-ethyl adjacent to an activating group) is 1. The third kappa shape index (κ3) is 2.45. The Morgan fingerprint density at radius 2 is 2.17 bits per heavy atom. The Morgan fingerprint density at radius 1 is 1.44 bits per heavy atom. The normalized spacial score (nSPS) is 20.2. The van der Waals surface area contributed by atoms with Gasteiger partial charge in [-0.25, -0.2) is 0 Å². The molecule has 1 unspecified atom stereocenters. The van der Waals surface area contributed by atoms with Gasteiger partial charge in [-0.1, -0.05) is 19.8 Å². The predicted molar refractivity (Wildman–Crippen MR) is 72.5 cm³/mol. The van der Waals surface area contributed by atoms with E-state index >= 15 is 0 Å². The van der Waals surface area contributed by atoms with Crippen LogP contribution in [0.25, 0.3) is 0 Å². The molecular weight excluding hydrogens is 226 g/mol. The summed E-state index contributed by atoms with van der Waals surface area (Å²) in [5.41, 5.74) is 1.21. The number of aromatic nitrogens is 2. The molecule has 0 radical (unpaired) electrons. The van der Waals surface area contributed by atoms with Gasteiger partial charge in [-0.15, -0.1) is 0 Å². The van der Waals surface area contributed by atoms with Crippen LogP contribution in [0.3, 0.4) is 0 Å². The van der Waals surface area contributed by atoms with Crippen LogP contribution in [0.4, 0.5) is 0 Å². The lowest BCUT2D eigenvalue weighted by Gasteiger charge is -2.36. The Labute approximate surface area is 110 Å². The largest absolute Gasteiger partial charge is 0.376 e. The molecule has 1 heterocycles. The minimum Gasteiger partial charge on any atom is -0.376 e. The highest BCUT2D eigenvalue weighted by Gasteiger charge is 2.42. The van der Waals surface area contributed by atoms with Crippen molar-refractivity contribution in [1.29, 1.82) is 0 Å². The average molecular weight is 251 g/mol. The summed E-state index contributed by atoms with van der Waals surface area (Å²) < 4.78 is 7.90. The monoisotopic (exact) mass is 251 g/mol. The Hall–Kier alpha value is -0.870. The summed E-state index contributed by atoms with van der Waals surface area (Å²) in [6.45, 7) is 6.13. The Kier molecular flexibility index (Phi) is 4.40. The number of ether oxygens (including phenoxy) is 1. The Morgan fingerprint density at radius 3 is 2.67 bits per heavy atom. The van der Waals surface area contributed by atoms with Crippen LogP contribution >= 0.6 is 0 Å². The zero-order chi connectivity index (χ0) is 13.0. The Balaban J connectivity index is 2.26. The standard InChI is InChI=1S/C14H25N3O/c1-4-15-13(12-10-16-17(5-2)11-12)14(18-3)8-6-7-9-14/h10-11,13,15H,4-9H2,1-3H3. The van der Waals surface area contributed by atoms with Crippen molar-refractivity contribution in [1.82, 2.24) is 15.1 Å². The molecule has 1 aromatic rings. The van der Waals surface area contributed by atoms with E-state index in [1.165, 1.54) is 18.4 Å². The number of aryl methyl sites for hydroxylation is 1. The van der Waals surface area contributed by atoms with Crippen molar-refractivity contribution in [3.8, 4) is 0 Å². The first-order valence-electron chi connectivity index (χ1n) is 7.06. The van der Waals surface area contributed by atoms with Crippen LogP contribution < -0.4 is 5.32 Å². The summed E-state index contributed by atoms with van der Waals surface area (Å²) in [6, 6.07) is 0.260. The van der Waals surface area contributed by atoms with Crippen molar-refractivity contribution in [2.24, 2.45) is 0 Å². The summed E-state index contributed by atoms with van der Waals surface area (Å²) in [6.07, 6.45) is 8.93. The van der Waals surface area contributed by atoms with Crippen LogP contribution in [-0.2, 0) is 11.3 Å². The first kappa shape index (κ1) is 13.6. The second kappa shape index (κ2) is 5.85. The van der Waals surface area contributed by atoms with Gasteiger partial charge in [0.25, 0.3) is 0 Å². The SMILES string of the molecule is CCNC(c1cnn(CC)c1)C1(OC)CCCC1. The third-order valence-electron chi connectivity index (χ3n) is 4.10. The lowest BCUT2D eigenvalue weighted by Crippen LogP contribution is -2.43.